The van der Waals surface area contributed by atoms with Crippen molar-refractivity contribution in [1.29, 1.82) is 0 Å². The third-order valence-corrected chi connectivity index (χ3v) is 2.20. The SMILES string of the molecule is CCCCC(=C=CC(=O)OC(C)(C)C)C(=O)OC(C)(C)C. The summed E-state index contributed by atoms with van der Waals surface area (Å²) in [6.07, 6.45) is 3.48. The molecule has 0 unspecified atom stereocenters. The third-order valence-electron chi connectivity index (χ3n) is 2.20. The maximum atomic E-state index is 12.1. The summed E-state index contributed by atoms with van der Waals surface area (Å²) in [5.74, 6) is -0.948. The number of carbonyl (C=O) groups is 2. The number of hydrogen-bond donors (Lipinski definition) is 0. The molecule has 0 aromatic carbocycles. The summed E-state index contributed by atoms with van der Waals surface area (Å²) in [6.45, 7) is 12.8. The van der Waals surface area contributed by atoms with E-state index >= 15 is 0 Å². The molecule has 4 heteroatoms. The molecule has 0 aromatic heterocycles. The van der Waals surface area contributed by atoms with Crippen LogP contribution in [0.3, 0.4) is 0 Å². The number of rotatable bonds is 5. The van der Waals surface area contributed by atoms with Gasteiger partial charge in [0.2, 0.25) is 0 Å². The maximum Gasteiger partial charge on any atom is 0.342 e. The van der Waals surface area contributed by atoms with Gasteiger partial charge in [-0.05, 0) is 54.4 Å². The standard InChI is InChI=1S/C17H28O4/c1-8-9-10-13(15(19)21-17(5,6)7)11-12-14(18)20-16(2,3)4/h12H,8-10H2,1-7H3. The van der Waals surface area contributed by atoms with Crippen molar-refractivity contribution in [1.82, 2.24) is 0 Å². The Morgan fingerprint density at radius 3 is 1.95 bits per heavy atom. The predicted molar refractivity (Wildman–Crippen MR) is 82.8 cm³/mol. The average molecular weight is 296 g/mol. The Labute approximate surface area is 128 Å². The van der Waals surface area contributed by atoms with Gasteiger partial charge in [0.15, 0.2) is 0 Å². The van der Waals surface area contributed by atoms with Gasteiger partial charge in [-0.2, -0.15) is 0 Å². The number of esters is 2. The van der Waals surface area contributed by atoms with Crippen molar-refractivity contribution in [3.63, 3.8) is 0 Å². The Hall–Kier alpha value is -1.54. The van der Waals surface area contributed by atoms with Crippen LogP contribution in [0.15, 0.2) is 17.4 Å². The molecule has 0 aromatic rings. The van der Waals surface area contributed by atoms with Crippen LogP contribution < -0.4 is 0 Å². The fourth-order valence-electron chi connectivity index (χ4n) is 1.40. The van der Waals surface area contributed by atoms with Crippen LogP contribution in [0.4, 0.5) is 0 Å². The van der Waals surface area contributed by atoms with Gasteiger partial charge in [0, 0.05) is 0 Å². The van der Waals surface area contributed by atoms with Crippen LogP contribution in [0.5, 0.6) is 0 Å². The minimum Gasteiger partial charge on any atom is -0.456 e. The molecule has 0 radical (unpaired) electrons. The van der Waals surface area contributed by atoms with Crippen LogP contribution in [0.2, 0.25) is 0 Å². The van der Waals surface area contributed by atoms with Crippen molar-refractivity contribution >= 4 is 11.9 Å². The van der Waals surface area contributed by atoms with Crippen LogP contribution >= 0.6 is 0 Å². The lowest BCUT2D eigenvalue weighted by Gasteiger charge is -2.20. The van der Waals surface area contributed by atoms with E-state index in [2.05, 4.69) is 5.73 Å². The second-order valence-corrected chi connectivity index (χ2v) is 6.91. The minimum absolute atomic E-state index is 0.373. The second kappa shape index (κ2) is 8.04. The summed E-state index contributed by atoms with van der Waals surface area (Å²) < 4.78 is 10.5. The maximum absolute atomic E-state index is 12.1. The quantitative estimate of drug-likeness (QED) is 0.438. The van der Waals surface area contributed by atoms with Crippen molar-refractivity contribution in [3.8, 4) is 0 Å². The molecule has 0 aliphatic carbocycles. The molecule has 4 nitrogen and oxygen atoms in total. The topological polar surface area (TPSA) is 52.6 Å². The fraction of sp³-hybridized carbons (Fsp3) is 0.706. The zero-order chi connectivity index (χ0) is 16.7. The number of hydrogen-bond acceptors (Lipinski definition) is 4. The van der Waals surface area contributed by atoms with Gasteiger partial charge in [-0.15, -0.1) is 5.73 Å². The van der Waals surface area contributed by atoms with Crippen molar-refractivity contribution in [2.24, 2.45) is 0 Å². The Balaban J connectivity index is 5.08. The van der Waals surface area contributed by atoms with Crippen LogP contribution in [0.25, 0.3) is 0 Å². The van der Waals surface area contributed by atoms with E-state index in [1.54, 1.807) is 41.5 Å². The van der Waals surface area contributed by atoms with Crippen molar-refractivity contribution in [2.75, 3.05) is 0 Å². The lowest BCUT2D eigenvalue weighted by Crippen LogP contribution is -2.25. The van der Waals surface area contributed by atoms with Crippen LogP contribution in [0.1, 0.15) is 67.7 Å². The first-order chi connectivity index (χ1) is 9.44. The zero-order valence-electron chi connectivity index (χ0n) is 14.3. The van der Waals surface area contributed by atoms with Crippen molar-refractivity contribution in [2.45, 2.75) is 78.9 Å². The van der Waals surface area contributed by atoms with Gasteiger partial charge in [0.1, 0.15) is 11.2 Å². The van der Waals surface area contributed by atoms with Crippen LogP contribution in [-0.2, 0) is 19.1 Å². The molecule has 0 saturated heterocycles. The molecule has 21 heavy (non-hydrogen) atoms. The molecule has 0 saturated carbocycles. The Kier molecular flexibility index (Phi) is 7.45. The third kappa shape index (κ3) is 10.9. The highest BCUT2D eigenvalue weighted by Crippen LogP contribution is 2.15. The summed E-state index contributed by atoms with van der Waals surface area (Å²) in [6, 6.07) is 0. The largest absolute Gasteiger partial charge is 0.456 e. The first-order valence-corrected chi connectivity index (χ1v) is 7.36. The number of ether oxygens (including phenoxy) is 2. The van der Waals surface area contributed by atoms with Gasteiger partial charge in [-0.25, -0.2) is 9.59 Å². The monoisotopic (exact) mass is 296 g/mol. The lowest BCUT2D eigenvalue weighted by molar-refractivity contribution is -0.150. The Morgan fingerprint density at radius 2 is 1.52 bits per heavy atom. The van der Waals surface area contributed by atoms with Crippen molar-refractivity contribution < 1.29 is 19.1 Å². The van der Waals surface area contributed by atoms with Gasteiger partial charge < -0.3 is 9.47 Å². The molecule has 0 aliphatic rings. The highest BCUT2D eigenvalue weighted by molar-refractivity contribution is 5.90. The molecule has 0 heterocycles. The molecule has 120 valence electrons. The fourth-order valence-corrected chi connectivity index (χ4v) is 1.40. The molecule has 0 bridgehead atoms. The Morgan fingerprint density at radius 1 is 1.00 bits per heavy atom. The number of carbonyl (C=O) groups excluding carboxylic acids is 2. The van der Waals surface area contributed by atoms with Gasteiger partial charge in [-0.3, -0.25) is 0 Å². The van der Waals surface area contributed by atoms with E-state index in [1.165, 1.54) is 6.08 Å². The molecular formula is C17H28O4. The van der Waals surface area contributed by atoms with Crippen LogP contribution in [0, 0.1) is 0 Å². The minimum atomic E-state index is -0.567. The molecule has 0 amide bonds. The molecule has 0 rings (SSSR count). The van der Waals surface area contributed by atoms with Gasteiger partial charge in [-0.1, -0.05) is 13.3 Å². The van der Waals surface area contributed by atoms with E-state index < -0.39 is 23.1 Å². The highest BCUT2D eigenvalue weighted by Gasteiger charge is 2.20. The summed E-state index contributed by atoms with van der Waals surface area (Å²) in [7, 11) is 0. The van der Waals surface area contributed by atoms with E-state index in [1.807, 2.05) is 6.92 Å². The second-order valence-electron chi connectivity index (χ2n) is 6.91. The van der Waals surface area contributed by atoms with E-state index in [-0.39, 0.29) is 0 Å². The molecular weight excluding hydrogens is 268 g/mol. The average Bonchev–Trinajstić information content (AvgIpc) is 2.24. The first kappa shape index (κ1) is 19.5. The Bertz CT molecular complexity index is 427. The highest BCUT2D eigenvalue weighted by atomic mass is 16.6. The van der Waals surface area contributed by atoms with Crippen LogP contribution in [-0.4, -0.2) is 23.1 Å². The predicted octanol–water partition coefficient (Wildman–Crippen LogP) is 3.94. The molecule has 0 fully saturated rings. The summed E-state index contributed by atoms with van der Waals surface area (Å²) >= 11 is 0. The summed E-state index contributed by atoms with van der Waals surface area (Å²) in [4.78, 5) is 23.7. The first-order valence-electron chi connectivity index (χ1n) is 7.36. The van der Waals surface area contributed by atoms with E-state index in [4.69, 9.17) is 9.47 Å². The summed E-state index contributed by atoms with van der Waals surface area (Å²) in [5, 5.41) is 0. The summed E-state index contributed by atoms with van der Waals surface area (Å²) in [5.41, 5.74) is 1.98. The van der Waals surface area contributed by atoms with Gasteiger partial charge in [0.25, 0.3) is 0 Å². The van der Waals surface area contributed by atoms with Crippen molar-refractivity contribution in [3.05, 3.63) is 17.4 Å². The number of unbranched alkanes of at least 4 members (excludes halogenated alkanes) is 1. The van der Waals surface area contributed by atoms with E-state index in [0.29, 0.717) is 12.0 Å². The van der Waals surface area contributed by atoms with Gasteiger partial charge in [0.05, 0.1) is 11.6 Å². The van der Waals surface area contributed by atoms with E-state index in [0.717, 1.165) is 12.8 Å². The lowest BCUT2D eigenvalue weighted by atomic mass is 10.1. The molecule has 0 N–H and O–H groups in total. The van der Waals surface area contributed by atoms with Gasteiger partial charge >= 0.3 is 11.9 Å². The smallest absolute Gasteiger partial charge is 0.342 e. The normalized spacial score (nSPS) is 11.4. The molecule has 0 spiro atoms. The van der Waals surface area contributed by atoms with E-state index in [9.17, 15) is 9.59 Å². The zero-order valence-corrected chi connectivity index (χ0v) is 14.3. The molecule has 0 aliphatic heterocycles. The molecule has 0 atom stereocenters.